The summed E-state index contributed by atoms with van der Waals surface area (Å²) in [6.07, 6.45) is 1.64. The molecular formula is C12H13FN4O. The summed E-state index contributed by atoms with van der Waals surface area (Å²) in [6, 6.07) is 4.23. The van der Waals surface area contributed by atoms with E-state index < -0.39 is 11.7 Å². The van der Waals surface area contributed by atoms with E-state index in [-0.39, 0.29) is 11.4 Å². The molecule has 0 aliphatic rings. The smallest absolute Gasteiger partial charge is 0.276 e. The number of nitrogens with zero attached hydrogens (tertiary/aromatic N) is 2. The van der Waals surface area contributed by atoms with Crippen LogP contribution in [0, 0.1) is 12.7 Å². The molecule has 0 aliphatic carbocycles. The Balaban J connectivity index is 2.30. The molecule has 0 saturated heterocycles. The van der Waals surface area contributed by atoms with Crippen LogP contribution in [0.4, 0.5) is 15.8 Å². The molecule has 0 aliphatic heterocycles. The second-order valence-electron chi connectivity index (χ2n) is 3.97. The van der Waals surface area contributed by atoms with Gasteiger partial charge in [0.2, 0.25) is 0 Å². The van der Waals surface area contributed by atoms with Crippen LogP contribution >= 0.6 is 0 Å². The average Bonchev–Trinajstić information content (AvgIpc) is 2.76. The van der Waals surface area contributed by atoms with E-state index in [1.165, 1.54) is 16.8 Å². The van der Waals surface area contributed by atoms with Gasteiger partial charge in [0.05, 0.1) is 5.69 Å². The summed E-state index contributed by atoms with van der Waals surface area (Å²) < 4.78 is 15.1. The summed E-state index contributed by atoms with van der Waals surface area (Å²) in [5.41, 5.74) is 6.90. The quantitative estimate of drug-likeness (QED) is 0.794. The number of aryl methyl sites for hydroxylation is 1. The van der Waals surface area contributed by atoms with E-state index in [1.807, 2.05) is 0 Å². The number of halogens is 1. The van der Waals surface area contributed by atoms with Gasteiger partial charge in [-0.3, -0.25) is 9.48 Å². The van der Waals surface area contributed by atoms with Crippen LogP contribution in [-0.4, -0.2) is 15.7 Å². The summed E-state index contributed by atoms with van der Waals surface area (Å²) in [6.45, 7) is 1.65. The number of hydrogen-bond acceptors (Lipinski definition) is 3. The van der Waals surface area contributed by atoms with Crippen LogP contribution in [0.25, 0.3) is 0 Å². The van der Waals surface area contributed by atoms with E-state index >= 15 is 0 Å². The standard InChI is InChI=1S/C12H13FN4O/c1-7-9(14)4-3-8(13)11(7)15-12(18)10-5-6-17(2)16-10/h3-6H,14H2,1-2H3,(H,15,18). The molecule has 0 fully saturated rings. The first-order valence-corrected chi connectivity index (χ1v) is 5.34. The second kappa shape index (κ2) is 4.48. The molecule has 2 aromatic rings. The highest BCUT2D eigenvalue weighted by Crippen LogP contribution is 2.24. The highest BCUT2D eigenvalue weighted by atomic mass is 19.1. The molecule has 3 N–H and O–H groups in total. The molecule has 0 unspecified atom stereocenters. The van der Waals surface area contributed by atoms with Gasteiger partial charge in [-0.25, -0.2) is 4.39 Å². The molecule has 2 rings (SSSR count). The third kappa shape index (κ3) is 2.17. The maximum absolute atomic E-state index is 13.6. The van der Waals surface area contributed by atoms with Crippen molar-refractivity contribution < 1.29 is 9.18 Å². The lowest BCUT2D eigenvalue weighted by atomic mass is 10.1. The first-order valence-electron chi connectivity index (χ1n) is 5.34. The Kier molecular flexibility index (Phi) is 3.01. The SMILES string of the molecule is Cc1c(N)ccc(F)c1NC(=O)c1ccn(C)n1. The van der Waals surface area contributed by atoms with Crippen LogP contribution in [-0.2, 0) is 7.05 Å². The Morgan fingerprint density at radius 2 is 2.17 bits per heavy atom. The van der Waals surface area contributed by atoms with Gasteiger partial charge in [-0.05, 0) is 30.7 Å². The van der Waals surface area contributed by atoms with E-state index in [0.29, 0.717) is 11.3 Å². The number of hydrogen-bond donors (Lipinski definition) is 2. The van der Waals surface area contributed by atoms with Gasteiger partial charge < -0.3 is 11.1 Å². The first-order chi connectivity index (χ1) is 8.49. The van der Waals surface area contributed by atoms with Crippen molar-refractivity contribution >= 4 is 17.3 Å². The maximum Gasteiger partial charge on any atom is 0.276 e. The molecule has 6 heteroatoms. The van der Waals surface area contributed by atoms with Gasteiger partial charge in [0.15, 0.2) is 5.69 Å². The summed E-state index contributed by atoms with van der Waals surface area (Å²) in [5, 5.41) is 6.42. The predicted octanol–water partition coefficient (Wildman–Crippen LogP) is 1.70. The maximum atomic E-state index is 13.6. The summed E-state index contributed by atoms with van der Waals surface area (Å²) in [7, 11) is 1.70. The van der Waals surface area contributed by atoms with Crippen LogP contribution in [0.15, 0.2) is 24.4 Å². The monoisotopic (exact) mass is 248 g/mol. The van der Waals surface area contributed by atoms with Crippen molar-refractivity contribution in [2.75, 3.05) is 11.1 Å². The van der Waals surface area contributed by atoms with Crippen molar-refractivity contribution in [1.82, 2.24) is 9.78 Å². The fraction of sp³-hybridized carbons (Fsp3) is 0.167. The molecule has 0 bridgehead atoms. The number of amides is 1. The molecule has 0 spiro atoms. The van der Waals surface area contributed by atoms with Gasteiger partial charge in [-0.2, -0.15) is 5.10 Å². The number of carbonyl (C=O) groups is 1. The third-order valence-corrected chi connectivity index (χ3v) is 2.64. The lowest BCUT2D eigenvalue weighted by molar-refractivity contribution is 0.102. The highest BCUT2D eigenvalue weighted by Gasteiger charge is 2.14. The summed E-state index contributed by atoms with van der Waals surface area (Å²) in [4.78, 5) is 11.8. The van der Waals surface area contributed by atoms with E-state index in [9.17, 15) is 9.18 Å². The minimum absolute atomic E-state index is 0.0886. The minimum atomic E-state index is -0.522. The van der Waals surface area contributed by atoms with Gasteiger partial charge in [-0.15, -0.1) is 0 Å². The number of aromatic nitrogens is 2. The number of nitrogens with one attached hydrogen (secondary N) is 1. The van der Waals surface area contributed by atoms with Crippen molar-refractivity contribution in [2.45, 2.75) is 6.92 Å². The molecule has 0 saturated carbocycles. The van der Waals surface area contributed by atoms with Gasteiger partial charge in [0.1, 0.15) is 5.82 Å². The molecule has 1 aromatic heterocycles. The highest BCUT2D eigenvalue weighted by molar-refractivity contribution is 6.03. The largest absolute Gasteiger partial charge is 0.398 e. The van der Waals surface area contributed by atoms with Gasteiger partial charge in [-0.1, -0.05) is 0 Å². The molecule has 94 valence electrons. The Morgan fingerprint density at radius 1 is 1.44 bits per heavy atom. The molecule has 1 aromatic carbocycles. The van der Waals surface area contributed by atoms with E-state index in [4.69, 9.17) is 5.73 Å². The van der Waals surface area contributed by atoms with Gasteiger partial charge in [0.25, 0.3) is 5.91 Å². The van der Waals surface area contributed by atoms with Crippen molar-refractivity contribution in [1.29, 1.82) is 0 Å². The molecule has 18 heavy (non-hydrogen) atoms. The third-order valence-electron chi connectivity index (χ3n) is 2.64. The molecule has 5 nitrogen and oxygen atoms in total. The van der Waals surface area contributed by atoms with Crippen LogP contribution in [0.3, 0.4) is 0 Å². The molecular weight excluding hydrogens is 235 g/mol. The number of nitrogens with two attached hydrogens (primary N) is 1. The zero-order chi connectivity index (χ0) is 13.3. The van der Waals surface area contributed by atoms with Gasteiger partial charge >= 0.3 is 0 Å². The molecule has 0 radical (unpaired) electrons. The lowest BCUT2D eigenvalue weighted by Crippen LogP contribution is -2.15. The normalized spacial score (nSPS) is 10.4. The fourth-order valence-corrected chi connectivity index (χ4v) is 1.56. The Labute approximate surface area is 103 Å². The number of carbonyl (C=O) groups excluding carboxylic acids is 1. The Hall–Kier alpha value is -2.37. The Morgan fingerprint density at radius 3 is 2.78 bits per heavy atom. The van der Waals surface area contributed by atoms with E-state index in [1.54, 1.807) is 26.2 Å². The van der Waals surface area contributed by atoms with Crippen LogP contribution in [0.5, 0.6) is 0 Å². The average molecular weight is 248 g/mol. The number of anilines is 2. The predicted molar refractivity (Wildman–Crippen MR) is 66.7 cm³/mol. The van der Waals surface area contributed by atoms with Crippen molar-refractivity contribution in [2.24, 2.45) is 7.05 Å². The first kappa shape index (κ1) is 12.1. The van der Waals surface area contributed by atoms with Gasteiger partial charge in [0, 0.05) is 18.9 Å². The lowest BCUT2D eigenvalue weighted by Gasteiger charge is -2.10. The van der Waals surface area contributed by atoms with Crippen LogP contribution in [0.2, 0.25) is 0 Å². The van der Waals surface area contributed by atoms with Crippen molar-refractivity contribution in [3.05, 3.63) is 41.5 Å². The zero-order valence-corrected chi connectivity index (χ0v) is 10.1. The summed E-state index contributed by atoms with van der Waals surface area (Å²) in [5.74, 6) is -0.991. The van der Waals surface area contributed by atoms with Crippen molar-refractivity contribution in [3.63, 3.8) is 0 Å². The van der Waals surface area contributed by atoms with E-state index in [0.717, 1.165) is 0 Å². The zero-order valence-electron chi connectivity index (χ0n) is 10.1. The minimum Gasteiger partial charge on any atom is -0.398 e. The number of rotatable bonds is 2. The fourth-order valence-electron chi connectivity index (χ4n) is 1.56. The molecule has 1 amide bonds. The van der Waals surface area contributed by atoms with Crippen molar-refractivity contribution in [3.8, 4) is 0 Å². The number of benzene rings is 1. The topological polar surface area (TPSA) is 72.9 Å². The number of nitrogen functional groups attached to an aromatic ring is 1. The molecule has 0 atom stereocenters. The van der Waals surface area contributed by atoms with Crippen LogP contribution < -0.4 is 11.1 Å². The second-order valence-corrected chi connectivity index (χ2v) is 3.97. The summed E-state index contributed by atoms with van der Waals surface area (Å²) >= 11 is 0. The van der Waals surface area contributed by atoms with Crippen LogP contribution in [0.1, 0.15) is 16.1 Å². The molecule has 1 heterocycles. The Bertz CT molecular complexity index is 606. The van der Waals surface area contributed by atoms with E-state index in [2.05, 4.69) is 10.4 Å².